The Morgan fingerprint density at radius 2 is 1.74 bits per heavy atom. The molecule has 0 bridgehead atoms. The van der Waals surface area contributed by atoms with Crippen molar-refractivity contribution in [2.24, 2.45) is 0 Å². The van der Waals surface area contributed by atoms with Crippen molar-refractivity contribution in [2.45, 2.75) is 22.3 Å². The number of carbonyl (C=O) groups is 1. The maximum absolute atomic E-state index is 13.0. The number of fused-ring (bicyclic) bond motifs is 1. The Morgan fingerprint density at radius 3 is 2.50 bits per heavy atom. The van der Waals surface area contributed by atoms with Gasteiger partial charge >= 0.3 is 0 Å². The minimum Gasteiger partial charge on any atom is -0.411 e. The third kappa shape index (κ3) is 4.33. The number of hydrogen-bond acceptors (Lipinski definition) is 7. The number of nitrogens with zero attached hydrogens (tertiary/aromatic N) is 4. The highest BCUT2D eigenvalue weighted by molar-refractivity contribution is 8.00. The monoisotopic (exact) mass is 497 g/mol. The SMILES string of the molecule is C[C@@H](Sc1nnc(-c2c[nH]c3ccccc23)o1)C(=O)N1CCN(S(=O)(=O)c2ccccc2)CC1. The van der Waals surface area contributed by atoms with E-state index in [1.54, 1.807) is 42.2 Å². The minimum atomic E-state index is -3.56. The summed E-state index contributed by atoms with van der Waals surface area (Å²) in [5.74, 6) is 0.299. The van der Waals surface area contributed by atoms with Gasteiger partial charge in [-0.3, -0.25) is 4.79 Å². The van der Waals surface area contributed by atoms with Crippen LogP contribution in [0.4, 0.5) is 0 Å². The second kappa shape index (κ2) is 9.24. The first kappa shape index (κ1) is 22.6. The number of H-pyrrole nitrogens is 1. The van der Waals surface area contributed by atoms with Crippen LogP contribution in [0.1, 0.15) is 6.92 Å². The molecule has 0 saturated carbocycles. The molecule has 11 heteroatoms. The molecular weight excluding hydrogens is 474 g/mol. The fraction of sp³-hybridized carbons (Fsp3) is 0.261. The molecule has 0 radical (unpaired) electrons. The number of aromatic amines is 1. The number of thioether (sulfide) groups is 1. The van der Waals surface area contributed by atoms with E-state index in [4.69, 9.17) is 4.42 Å². The van der Waals surface area contributed by atoms with Crippen LogP contribution in [0.5, 0.6) is 0 Å². The topological polar surface area (TPSA) is 112 Å². The molecule has 4 aromatic rings. The first-order chi connectivity index (χ1) is 16.4. The Bertz CT molecular complexity index is 1410. The van der Waals surface area contributed by atoms with Gasteiger partial charge in [-0.15, -0.1) is 10.2 Å². The maximum Gasteiger partial charge on any atom is 0.277 e. The maximum atomic E-state index is 13.0. The van der Waals surface area contributed by atoms with Crippen molar-refractivity contribution in [2.75, 3.05) is 26.2 Å². The molecule has 3 heterocycles. The highest BCUT2D eigenvalue weighted by atomic mass is 32.2. The van der Waals surface area contributed by atoms with Gasteiger partial charge in [-0.1, -0.05) is 48.2 Å². The van der Waals surface area contributed by atoms with E-state index in [1.165, 1.54) is 16.1 Å². The average Bonchev–Trinajstić information content (AvgIpc) is 3.51. The summed E-state index contributed by atoms with van der Waals surface area (Å²) < 4.78 is 32.9. The molecule has 34 heavy (non-hydrogen) atoms. The van der Waals surface area contributed by atoms with Crippen LogP contribution < -0.4 is 0 Å². The number of hydrogen-bond donors (Lipinski definition) is 1. The van der Waals surface area contributed by atoms with E-state index in [1.807, 2.05) is 30.5 Å². The number of benzene rings is 2. The van der Waals surface area contributed by atoms with Gasteiger partial charge in [-0.05, 0) is 25.1 Å². The molecular formula is C23H23N5O4S2. The van der Waals surface area contributed by atoms with Crippen LogP contribution in [0.15, 0.2) is 75.3 Å². The minimum absolute atomic E-state index is 0.0893. The molecule has 1 atom stereocenters. The standard InChI is InChI=1S/C23H23N5O4S2/c1-16(33-23-26-25-21(32-23)19-15-24-20-10-6-5-9-18(19)20)22(29)27-11-13-28(14-12-27)34(30,31)17-7-3-2-4-8-17/h2-10,15-16,24H,11-14H2,1H3/t16-/m1/s1. The molecule has 1 aliphatic heterocycles. The number of carbonyl (C=O) groups excluding carboxylic acids is 1. The van der Waals surface area contributed by atoms with Crippen LogP contribution in [0.3, 0.4) is 0 Å². The molecule has 1 N–H and O–H groups in total. The number of para-hydroxylation sites is 1. The van der Waals surface area contributed by atoms with Crippen LogP contribution in [0.25, 0.3) is 22.4 Å². The third-order valence-electron chi connectivity index (χ3n) is 5.78. The number of nitrogens with one attached hydrogen (secondary N) is 1. The first-order valence-electron chi connectivity index (χ1n) is 10.8. The van der Waals surface area contributed by atoms with Crippen LogP contribution in [0, 0.1) is 0 Å². The van der Waals surface area contributed by atoms with Crippen LogP contribution >= 0.6 is 11.8 Å². The molecule has 5 rings (SSSR count). The predicted octanol–water partition coefficient (Wildman–Crippen LogP) is 3.23. The van der Waals surface area contributed by atoms with E-state index in [9.17, 15) is 13.2 Å². The highest BCUT2D eigenvalue weighted by Crippen LogP contribution is 2.31. The number of sulfonamides is 1. The number of piperazine rings is 1. The summed E-state index contributed by atoms with van der Waals surface area (Å²) >= 11 is 1.20. The fourth-order valence-electron chi connectivity index (χ4n) is 3.96. The summed E-state index contributed by atoms with van der Waals surface area (Å²) in [6, 6.07) is 16.2. The van der Waals surface area contributed by atoms with E-state index in [0.717, 1.165) is 16.5 Å². The van der Waals surface area contributed by atoms with Gasteiger partial charge in [-0.25, -0.2) is 8.42 Å². The van der Waals surface area contributed by atoms with Crippen molar-refractivity contribution >= 4 is 38.6 Å². The third-order valence-corrected chi connectivity index (χ3v) is 8.62. The molecule has 176 valence electrons. The molecule has 1 saturated heterocycles. The zero-order chi connectivity index (χ0) is 23.7. The quantitative estimate of drug-likeness (QED) is 0.407. The first-order valence-corrected chi connectivity index (χ1v) is 13.2. The fourth-order valence-corrected chi connectivity index (χ4v) is 6.17. The summed E-state index contributed by atoms with van der Waals surface area (Å²) in [5, 5.41) is 9.08. The van der Waals surface area contributed by atoms with Crippen molar-refractivity contribution in [1.82, 2.24) is 24.4 Å². The van der Waals surface area contributed by atoms with Crippen LogP contribution in [-0.4, -0.2) is 70.1 Å². The van der Waals surface area contributed by atoms with Gasteiger partial charge in [0.15, 0.2) is 0 Å². The smallest absolute Gasteiger partial charge is 0.277 e. The van der Waals surface area contributed by atoms with E-state index in [2.05, 4.69) is 15.2 Å². The van der Waals surface area contributed by atoms with E-state index in [-0.39, 0.29) is 23.9 Å². The number of rotatable bonds is 6. The van der Waals surface area contributed by atoms with Gasteiger partial charge in [0.2, 0.25) is 15.9 Å². The number of amides is 1. The molecule has 0 spiro atoms. The summed E-state index contributed by atoms with van der Waals surface area (Å²) in [6.07, 6.45) is 1.82. The molecule has 1 aliphatic rings. The lowest BCUT2D eigenvalue weighted by Crippen LogP contribution is -2.52. The normalized spacial score (nSPS) is 16.1. The molecule has 0 unspecified atom stereocenters. The highest BCUT2D eigenvalue weighted by Gasteiger charge is 2.32. The van der Waals surface area contributed by atoms with Crippen molar-refractivity contribution in [3.05, 3.63) is 60.8 Å². The van der Waals surface area contributed by atoms with Crippen molar-refractivity contribution in [3.8, 4) is 11.5 Å². The second-order valence-electron chi connectivity index (χ2n) is 7.92. The van der Waals surface area contributed by atoms with E-state index in [0.29, 0.717) is 24.2 Å². The molecule has 2 aromatic carbocycles. The Kier molecular flexibility index (Phi) is 6.15. The largest absolute Gasteiger partial charge is 0.411 e. The Morgan fingerprint density at radius 1 is 1.03 bits per heavy atom. The van der Waals surface area contributed by atoms with Crippen LogP contribution in [0.2, 0.25) is 0 Å². The molecule has 2 aromatic heterocycles. The van der Waals surface area contributed by atoms with Crippen molar-refractivity contribution in [1.29, 1.82) is 0 Å². The lowest BCUT2D eigenvalue weighted by molar-refractivity contribution is -0.131. The van der Waals surface area contributed by atoms with Gasteiger partial charge in [0.25, 0.3) is 11.1 Å². The van der Waals surface area contributed by atoms with E-state index >= 15 is 0 Å². The predicted molar refractivity (Wildman–Crippen MR) is 129 cm³/mol. The molecule has 0 aliphatic carbocycles. The van der Waals surface area contributed by atoms with Gasteiger partial charge in [0.1, 0.15) is 0 Å². The molecule has 1 fully saturated rings. The van der Waals surface area contributed by atoms with Crippen molar-refractivity contribution < 1.29 is 17.6 Å². The van der Waals surface area contributed by atoms with Gasteiger partial charge in [0, 0.05) is 43.3 Å². The van der Waals surface area contributed by atoms with Crippen LogP contribution in [-0.2, 0) is 14.8 Å². The second-order valence-corrected chi connectivity index (χ2v) is 11.2. The van der Waals surface area contributed by atoms with E-state index < -0.39 is 15.3 Å². The zero-order valence-electron chi connectivity index (χ0n) is 18.4. The summed E-state index contributed by atoms with van der Waals surface area (Å²) in [6.45, 7) is 2.97. The Balaban J connectivity index is 1.20. The Hall–Kier alpha value is -3.15. The zero-order valence-corrected chi connectivity index (χ0v) is 20.1. The summed E-state index contributed by atoms with van der Waals surface area (Å²) in [7, 11) is -3.56. The van der Waals surface area contributed by atoms with Gasteiger partial charge < -0.3 is 14.3 Å². The van der Waals surface area contributed by atoms with Crippen molar-refractivity contribution in [3.63, 3.8) is 0 Å². The molecule has 1 amide bonds. The van der Waals surface area contributed by atoms with Gasteiger partial charge in [-0.2, -0.15) is 4.31 Å². The number of aromatic nitrogens is 3. The average molecular weight is 498 g/mol. The lowest BCUT2D eigenvalue weighted by Gasteiger charge is -2.35. The Labute approximate surface area is 201 Å². The lowest BCUT2D eigenvalue weighted by atomic mass is 10.2. The molecule has 9 nitrogen and oxygen atoms in total. The summed E-state index contributed by atoms with van der Waals surface area (Å²) in [4.78, 5) is 18.1. The van der Waals surface area contributed by atoms with Gasteiger partial charge in [0.05, 0.1) is 15.7 Å². The summed E-state index contributed by atoms with van der Waals surface area (Å²) in [5.41, 5.74) is 1.78.